The summed E-state index contributed by atoms with van der Waals surface area (Å²) in [6.45, 7) is 24.0. The molecule has 0 aliphatic carbocycles. The third-order valence-electron chi connectivity index (χ3n) is 4.07. The van der Waals surface area contributed by atoms with Gasteiger partial charge in [-0.15, -0.1) is 0 Å². The molecule has 2 rings (SSSR count). The molecule has 160 valence electrons. The molecule has 0 aromatic rings. The van der Waals surface area contributed by atoms with Crippen molar-refractivity contribution in [3.05, 3.63) is 0 Å². The van der Waals surface area contributed by atoms with Crippen LogP contribution in [0.25, 0.3) is 0 Å². The SMILES string of the molecule is CC1(C)OC2OC(C(CO[Si](C)(C)C)O[Si](C)(C)C)C(O[Si](C)(C)C)C2O1. The molecular formula is C18H40O6Si3. The first-order valence-electron chi connectivity index (χ1n) is 9.97. The zero-order valence-corrected chi connectivity index (χ0v) is 22.0. The molecule has 2 aliphatic rings. The Labute approximate surface area is 168 Å². The lowest BCUT2D eigenvalue weighted by Gasteiger charge is -2.37. The molecule has 0 amide bonds. The molecule has 0 bridgehead atoms. The third kappa shape index (κ3) is 7.31. The monoisotopic (exact) mass is 436 g/mol. The third-order valence-corrected chi connectivity index (χ3v) is 7.09. The second-order valence-electron chi connectivity index (χ2n) is 11.0. The van der Waals surface area contributed by atoms with Crippen LogP contribution in [0.5, 0.6) is 0 Å². The molecule has 2 heterocycles. The lowest BCUT2D eigenvalue weighted by Crippen LogP contribution is -2.52. The lowest BCUT2D eigenvalue weighted by molar-refractivity contribution is -0.224. The lowest BCUT2D eigenvalue weighted by atomic mass is 10.1. The molecule has 5 unspecified atom stereocenters. The molecule has 2 saturated heterocycles. The highest BCUT2D eigenvalue weighted by Gasteiger charge is 2.58. The van der Waals surface area contributed by atoms with Crippen LogP contribution >= 0.6 is 0 Å². The maximum Gasteiger partial charge on any atom is 0.190 e. The van der Waals surface area contributed by atoms with Gasteiger partial charge in [0.25, 0.3) is 0 Å². The largest absolute Gasteiger partial charge is 0.415 e. The quantitative estimate of drug-likeness (QED) is 0.533. The Morgan fingerprint density at radius 2 is 1.44 bits per heavy atom. The predicted molar refractivity (Wildman–Crippen MR) is 114 cm³/mol. The zero-order valence-electron chi connectivity index (χ0n) is 19.0. The predicted octanol–water partition coefficient (Wildman–Crippen LogP) is 4.15. The van der Waals surface area contributed by atoms with E-state index in [1.807, 2.05) is 13.8 Å². The second kappa shape index (κ2) is 7.92. The summed E-state index contributed by atoms with van der Waals surface area (Å²) in [4.78, 5) is 0. The van der Waals surface area contributed by atoms with E-state index < -0.39 is 37.0 Å². The van der Waals surface area contributed by atoms with E-state index >= 15 is 0 Å². The van der Waals surface area contributed by atoms with Gasteiger partial charge in [0.2, 0.25) is 0 Å². The van der Waals surface area contributed by atoms with Gasteiger partial charge in [0.1, 0.15) is 18.3 Å². The van der Waals surface area contributed by atoms with Crippen LogP contribution in [-0.4, -0.2) is 68.1 Å². The maximum absolute atomic E-state index is 6.55. The smallest absolute Gasteiger partial charge is 0.190 e. The summed E-state index contributed by atoms with van der Waals surface area (Å²) in [7, 11) is -5.31. The van der Waals surface area contributed by atoms with Crippen molar-refractivity contribution >= 4 is 25.0 Å². The molecular weight excluding hydrogens is 396 g/mol. The highest BCUT2D eigenvalue weighted by Crippen LogP contribution is 2.41. The van der Waals surface area contributed by atoms with E-state index in [0.29, 0.717) is 6.61 Å². The van der Waals surface area contributed by atoms with E-state index in [2.05, 4.69) is 58.9 Å². The number of ether oxygens (including phenoxy) is 3. The van der Waals surface area contributed by atoms with Crippen molar-refractivity contribution in [3.63, 3.8) is 0 Å². The van der Waals surface area contributed by atoms with Crippen molar-refractivity contribution in [1.29, 1.82) is 0 Å². The fourth-order valence-corrected chi connectivity index (χ4v) is 6.19. The van der Waals surface area contributed by atoms with Gasteiger partial charge in [0, 0.05) is 0 Å². The fourth-order valence-electron chi connectivity index (χ4n) is 3.33. The van der Waals surface area contributed by atoms with E-state index in [0.717, 1.165) is 0 Å². The summed E-state index contributed by atoms with van der Waals surface area (Å²) < 4.78 is 37.8. The molecule has 2 aliphatic heterocycles. The van der Waals surface area contributed by atoms with Gasteiger partial charge in [-0.1, -0.05) is 0 Å². The summed E-state index contributed by atoms with van der Waals surface area (Å²) in [5, 5.41) is 0. The Kier molecular flexibility index (Phi) is 6.95. The second-order valence-corrected chi connectivity index (χ2v) is 24.4. The van der Waals surface area contributed by atoms with Crippen LogP contribution in [-0.2, 0) is 27.5 Å². The first-order chi connectivity index (χ1) is 12.0. The summed E-state index contributed by atoms with van der Waals surface area (Å²) in [6, 6.07) is 0. The van der Waals surface area contributed by atoms with Crippen LogP contribution in [0, 0.1) is 0 Å². The molecule has 0 saturated carbocycles. The van der Waals surface area contributed by atoms with Crippen molar-refractivity contribution < 1.29 is 27.5 Å². The van der Waals surface area contributed by atoms with Crippen LogP contribution in [0.1, 0.15) is 13.8 Å². The standard InChI is InChI=1S/C18H40O6Si3/c1-18(2)21-16-15(24-27(9,10)11)14(20-17(16)22-18)13(23-26(6,7)8)12-19-25(3,4)5/h13-17H,12H2,1-11H3. The molecule has 2 fully saturated rings. The Balaban J connectivity index is 2.25. The van der Waals surface area contributed by atoms with Gasteiger partial charge < -0.3 is 27.5 Å². The summed E-state index contributed by atoms with van der Waals surface area (Å²) in [5.74, 6) is -0.661. The maximum atomic E-state index is 6.55. The highest BCUT2D eigenvalue weighted by molar-refractivity contribution is 6.70. The van der Waals surface area contributed by atoms with Crippen molar-refractivity contribution in [3.8, 4) is 0 Å². The molecule has 9 heteroatoms. The fraction of sp³-hybridized carbons (Fsp3) is 1.00. The first kappa shape index (κ1) is 23.7. The molecule has 0 aromatic heterocycles. The molecule has 0 spiro atoms. The average molecular weight is 437 g/mol. The van der Waals surface area contributed by atoms with Crippen LogP contribution < -0.4 is 0 Å². The molecule has 27 heavy (non-hydrogen) atoms. The van der Waals surface area contributed by atoms with Crippen molar-refractivity contribution in [2.45, 2.75) is 109 Å². The Morgan fingerprint density at radius 3 is 1.93 bits per heavy atom. The van der Waals surface area contributed by atoms with E-state index in [4.69, 9.17) is 27.5 Å². The summed E-state index contributed by atoms with van der Waals surface area (Å²) in [5.41, 5.74) is 0. The first-order valence-corrected chi connectivity index (χ1v) is 20.2. The van der Waals surface area contributed by atoms with Crippen molar-refractivity contribution in [2.24, 2.45) is 0 Å². The molecule has 0 N–H and O–H groups in total. The van der Waals surface area contributed by atoms with Crippen LogP contribution in [0.3, 0.4) is 0 Å². The van der Waals surface area contributed by atoms with Crippen molar-refractivity contribution in [1.82, 2.24) is 0 Å². The van der Waals surface area contributed by atoms with Gasteiger partial charge in [-0.05, 0) is 72.8 Å². The topological polar surface area (TPSA) is 55.4 Å². The Morgan fingerprint density at radius 1 is 0.852 bits per heavy atom. The van der Waals surface area contributed by atoms with E-state index in [1.165, 1.54) is 0 Å². The highest BCUT2D eigenvalue weighted by atomic mass is 28.4. The van der Waals surface area contributed by atoms with Gasteiger partial charge in [-0.3, -0.25) is 0 Å². The minimum Gasteiger partial charge on any atom is -0.415 e. The Hall–Kier alpha value is 0.411. The van der Waals surface area contributed by atoms with Crippen LogP contribution in [0.2, 0.25) is 58.9 Å². The van der Waals surface area contributed by atoms with Gasteiger partial charge in [0.05, 0.1) is 12.7 Å². The van der Waals surface area contributed by atoms with Gasteiger partial charge in [-0.2, -0.15) is 0 Å². The minimum atomic E-state index is -1.83. The van der Waals surface area contributed by atoms with E-state index in [1.54, 1.807) is 0 Å². The normalized spacial score (nSPS) is 32.6. The van der Waals surface area contributed by atoms with E-state index in [9.17, 15) is 0 Å². The summed E-state index contributed by atoms with van der Waals surface area (Å²) >= 11 is 0. The number of hydrogen-bond donors (Lipinski definition) is 0. The van der Waals surface area contributed by atoms with Crippen LogP contribution in [0.4, 0.5) is 0 Å². The van der Waals surface area contributed by atoms with Gasteiger partial charge in [0.15, 0.2) is 37.0 Å². The molecule has 6 nitrogen and oxygen atoms in total. The van der Waals surface area contributed by atoms with Gasteiger partial charge >= 0.3 is 0 Å². The zero-order chi connectivity index (χ0) is 20.8. The van der Waals surface area contributed by atoms with Crippen LogP contribution in [0.15, 0.2) is 0 Å². The molecule has 0 radical (unpaired) electrons. The minimum absolute atomic E-state index is 0.189. The molecule has 0 aromatic carbocycles. The summed E-state index contributed by atoms with van der Waals surface area (Å²) in [6.07, 6.45) is -1.33. The molecule has 5 atom stereocenters. The average Bonchev–Trinajstić information content (AvgIpc) is 2.84. The van der Waals surface area contributed by atoms with E-state index in [-0.39, 0.29) is 24.4 Å². The number of rotatable bonds is 8. The van der Waals surface area contributed by atoms with Crippen molar-refractivity contribution in [2.75, 3.05) is 6.61 Å². The van der Waals surface area contributed by atoms with Gasteiger partial charge in [-0.25, -0.2) is 0 Å². The number of fused-ring (bicyclic) bond motifs is 1. The number of hydrogen-bond acceptors (Lipinski definition) is 6. The Bertz CT molecular complexity index is 509.